The van der Waals surface area contributed by atoms with Crippen molar-refractivity contribution in [1.82, 2.24) is 9.97 Å². The van der Waals surface area contributed by atoms with Crippen molar-refractivity contribution < 1.29 is 14.3 Å². The summed E-state index contributed by atoms with van der Waals surface area (Å²) in [6.45, 7) is 1.75. The molecule has 0 bridgehead atoms. The minimum Gasteiger partial charge on any atom is -0.497 e. The van der Waals surface area contributed by atoms with E-state index in [0.717, 1.165) is 0 Å². The first kappa shape index (κ1) is 17.4. The molecular formula is C18H20N4O4. The molecule has 0 saturated carbocycles. The molecule has 1 heterocycles. The van der Waals surface area contributed by atoms with Crippen molar-refractivity contribution in [1.29, 1.82) is 0 Å². The van der Waals surface area contributed by atoms with Gasteiger partial charge in [-0.2, -0.15) is 0 Å². The Morgan fingerprint density at radius 3 is 2.27 bits per heavy atom. The lowest BCUT2D eigenvalue weighted by Gasteiger charge is -2.17. The molecule has 4 N–H and O–H groups in total. The average molecular weight is 356 g/mol. The fourth-order valence-electron chi connectivity index (χ4n) is 2.57. The molecule has 0 aliphatic carbocycles. The first-order valence-corrected chi connectivity index (χ1v) is 8.01. The van der Waals surface area contributed by atoms with Crippen LogP contribution < -0.4 is 25.8 Å². The maximum Gasteiger partial charge on any atom is 0.323 e. The number of aromatic amines is 2. The van der Waals surface area contributed by atoms with E-state index < -0.39 is 6.04 Å². The molecule has 0 fully saturated rings. The van der Waals surface area contributed by atoms with Gasteiger partial charge in [-0.25, -0.2) is 4.79 Å². The van der Waals surface area contributed by atoms with Crippen LogP contribution in [0.2, 0.25) is 0 Å². The highest BCUT2D eigenvalue weighted by atomic mass is 16.5. The molecule has 136 valence electrons. The number of benzene rings is 2. The second-order valence-electron chi connectivity index (χ2n) is 5.80. The Morgan fingerprint density at radius 2 is 1.62 bits per heavy atom. The Balaban J connectivity index is 1.71. The van der Waals surface area contributed by atoms with E-state index in [-0.39, 0.29) is 11.6 Å². The second kappa shape index (κ2) is 7.22. The number of aromatic nitrogens is 2. The fourth-order valence-corrected chi connectivity index (χ4v) is 2.57. The van der Waals surface area contributed by atoms with Crippen molar-refractivity contribution in [3.8, 4) is 11.5 Å². The molecule has 0 aliphatic heterocycles. The first-order chi connectivity index (χ1) is 12.5. The summed E-state index contributed by atoms with van der Waals surface area (Å²) in [4.78, 5) is 29.1. The normalized spacial score (nSPS) is 11.8. The third kappa shape index (κ3) is 3.80. The molecule has 1 atom stereocenters. The minimum absolute atomic E-state index is 0.219. The molecule has 8 nitrogen and oxygen atoms in total. The minimum atomic E-state index is -0.507. The summed E-state index contributed by atoms with van der Waals surface area (Å²) in [5, 5.41) is 5.94. The highest BCUT2D eigenvalue weighted by molar-refractivity contribution is 5.97. The number of carbonyl (C=O) groups excluding carboxylic acids is 1. The maximum absolute atomic E-state index is 12.5. The molecule has 3 aromatic rings. The predicted molar refractivity (Wildman–Crippen MR) is 100 cm³/mol. The number of amides is 1. The smallest absolute Gasteiger partial charge is 0.323 e. The highest BCUT2D eigenvalue weighted by Gasteiger charge is 2.14. The molecule has 0 radical (unpaired) electrons. The molecule has 2 aromatic carbocycles. The van der Waals surface area contributed by atoms with Crippen molar-refractivity contribution in [3.63, 3.8) is 0 Å². The number of carbonyl (C=O) groups is 1. The number of H-pyrrole nitrogens is 2. The summed E-state index contributed by atoms with van der Waals surface area (Å²) in [7, 11) is 3.13. The average Bonchev–Trinajstić information content (AvgIpc) is 3.00. The number of ether oxygens (including phenoxy) is 2. The van der Waals surface area contributed by atoms with Gasteiger partial charge in [-0.15, -0.1) is 0 Å². The van der Waals surface area contributed by atoms with Gasteiger partial charge >= 0.3 is 5.69 Å². The van der Waals surface area contributed by atoms with E-state index in [1.807, 2.05) is 0 Å². The van der Waals surface area contributed by atoms with E-state index in [1.165, 1.54) is 0 Å². The van der Waals surface area contributed by atoms with E-state index in [9.17, 15) is 9.59 Å². The van der Waals surface area contributed by atoms with Crippen LogP contribution in [0.5, 0.6) is 11.5 Å². The van der Waals surface area contributed by atoms with Crippen LogP contribution >= 0.6 is 0 Å². The van der Waals surface area contributed by atoms with Gasteiger partial charge in [0.2, 0.25) is 5.91 Å². The van der Waals surface area contributed by atoms with Crippen molar-refractivity contribution in [2.45, 2.75) is 13.0 Å². The van der Waals surface area contributed by atoms with Crippen LogP contribution in [0.15, 0.2) is 41.2 Å². The molecule has 0 aliphatic rings. The van der Waals surface area contributed by atoms with E-state index in [1.54, 1.807) is 57.5 Å². The Morgan fingerprint density at radius 1 is 0.962 bits per heavy atom. The third-order valence-electron chi connectivity index (χ3n) is 3.91. The molecule has 1 aromatic heterocycles. The number of nitrogens with one attached hydrogen (secondary N) is 4. The van der Waals surface area contributed by atoms with Crippen molar-refractivity contribution in [2.75, 3.05) is 24.9 Å². The molecule has 0 unspecified atom stereocenters. The van der Waals surface area contributed by atoms with Gasteiger partial charge in [-0.1, -0.05) is 0 Å². The van der Waals surface area contributed by atoms with Crippen LogP contribution in [-0.4, -0.2) is 36.1 Å². The van der Waals surface area contributed by atoms with Crippen LogP contribution in [0.3, 0.4) is 0 Å². The molecule has 26 heavy (non-hydrogen) atoms. The lowest BCUT2D eigenvalue weighted by Crippen LogP contribution is -2.31. The monoisotopic (exact) mass is 356 g/mol. The number of hydrogen-bond acceptors (Lipinski definition) is 5. The summed E-state index contributed by atoms with van der Waals surface area (Å²) >= 11 is 0. The quantitative estimate of drug-likeness (QED) is 0.542. The number of imidazole rings is 1. The second-order valence-corrected chi connectivity index (χ2v) is 5.80. The molecule has 1 amide bonds. The summed E-state index contributed by atoms with van der Waals surface area (Å²) in [6, 6.07) is 9.97. The summed E-state index contributed by atoms with van der Waals surface area (Å²) in [5.74, 6) is 1.03. The third-order valence-corrected chi connectivity index (χ3v) is 3.91. The van der Waals surface area contributed by atoms with Gasteiger partial charge in [0, 0.05) is 29.6 Å². The van der Waals surface area contributed by atoms with Gasteiger partial charge in [-0.3, -0.25) is 4.79 Å². The Kier molecular flexibility index (Phi) is 4.83. The number of methoxy groups -OCH3 is 2. The van der Waals surface area contributed by atoms with Crippen LogP contribution in [0.4, 0.5) is 11.4 Å². The van der Waals surface area contributed by atoms with Gasteiger partial charge in [-0.05, 0) is 25.1 Å². The molecule has 8 heteroatoms. The number of hydrogen-bond donors (Lipinski definition) is 4. The van der Waals surface area contributed by atoms with E-state index in [2.05, 4.69) is 20.6 Å². The van der Waals surface area contributed by atoms with Gasteiger partial charge in [0.1, 0.15) is 17.5 Å². The van der Waals surface area contributed by atoms with Gasteiger partial charge in [0.15, 0.2) is 0 Å². The highest BCUT2D eigenvalue weighted by Crippen LogP contribution is 2.26. The summed E-state index contributed by atoms with van der Waals surface area (Å²) < 4.78 is 10.5. The molecule has 0 spiro atoms. The zero-order valence-electron chi connectivity index (χ0n) is 14.7. The van der Waals surface area contributed by atoms with Crippen LogP contribution in [0, 0.1) is 0 Å². The molecule has 0 saturated heterocycles. The zero-order valence-corrected chi connectivity index (χ0v) is 14.7. The fraction of sp³-hybridized carbons (Fsp3) is 0.222. The topological polar surface area (TPSA) is 108 Å². The Labute approximate surface area is 149 Å². The number of rotatable bonds is 6. The van der Waals surface area contributed by atoms with E-state index in [4.69, 9.17) is 9.47 Å². The van der Waals surface area contributed by atoms with Crippen LogP contribution in [0.25, 0.3) is 11.0 Å². The molecule has 3 rings (SSSR count). The largest absolute Gasteiger partial charge is 0.497 e. The lowest BCUT2D eigenvalue weighted by molar-refractivity contribution is -0.116. The summed E-state index contributed by atoms with van der Waals surface area (Å²) in [6.07, 6.45) is 0. The summed E-state index contributed by atoms with van der Waals surface area (Å²) in [5.41, 5.74) is 2.32. The SMILES string of the molecule is COc1cc(N[C@H](C)C(=O)Nc2ccc3[nH]c(=O)[nH]c3c2)cc(OC)c1. The number of anilines is 2. The molecular weight excluding hydrogens is 336 g/mol. The lowest BCUT2D eigenvalue weighted by atomic mass is 10.2. The van der Waals surface area contributed by atoms with E-state index in [0.29, 0.717) is 33.9 Å². The standard InChI is InChI=1S/C18H20N4O4/c1-10(19-12-6-13(25-2)9-14(7-12)26-3)17(23)20-11-4-5-15-16(8-11)22-18(24)21-15/h4-10,19H,1-3H3,(H,20,23)(H2,21,22,24)/t10-/m1/s1. The van der Waals surface area contributed by atoms with Gasteiger partial charge in [0.05, 0.1) is 25.3 Å². The first-order valence-electron chi connectivity index (χ1n) is 8.01. The van der Waals surface area contributed by atoms with Crippen LogP contribution in [-0.2, 0) is 4.79 Å². The van der Waals surface area contributed by atoms with Crippen molar-refractivity contribution >= 4 is 28.3 Å². The van der Waals surface area contributed by atoms with Gasteiger partial charge < -0.3 is 30.1 Å². The Bertz CT molecular complexity index is 970. The van der Waals surface area contributed by atoms with E-state index >= 15 is 0 Å². The van der Waals surface area contributed by atoms with Crippen LogP contribution in [0.1, 0.15) is 6.92 Å². The van der Waals surface area contributed by atoms with Crippen molar-refractivity contribution in [2.24, 2.45) is 0 Å². The number of fused-ring (bicyclic) bond motifs is 1. The Hall–Kier alpha value is -3.42. The van der Waals surface area contributed by atoms with Gasteiger partial charge in [0.25, 0.3) is 0 Å². The van der Waals surface area contributed by atoms with Crippen molar-refractivity contribution in [3.05, 3.63) is 46.9 Å². The maximum atomic E-state index is 12.5. The zero-order chi connectivity index (χ0) is 18.7. The predicted octanol–water partition coefficient (Wildman–Crippen LogP) is 2.31.